The lowest BCUT2D eigenvalue weighted by Crippen LogP contribution is -2.14. The average molecular weight is 427 g/mol. The van der Waals surface area contributed by atoms with Crippen LogP contribution in [0.3, 0.4) is 0 Å². The van der Waals surface area contributed by atoms with Gasteiger partial charge in [-0.3, -0.25) is 0 Å². The van der Waals surface area contributed by atoms with Crippen LogP contribution in [0, 0.1) is 0 Å². The molecule has 0 aromatic heterocycles. The van der Waals surface area contributed by atoms with Gasteiger partial charge in [-0.05, 0) is 24.5 Å². The minimum absolute atomic E-state index is 0.0415. The van der Waals surface area contributed by atoms with Crippen molar-refractivity contribution in [2.75, 3.05) is 66.1 Å². The first-order valence-electron chi connectivity index (χ1n) is 11.5. The summed E-state index contributed by atoms with van der Waals surface area (Å²) in [5, 5.41) is 8.57. The highest BCUT2D eigenvalue weighted by molar-refractivity contribution is 5.33. The first-order valence-corrected chi connectivity index (χ1v) is 11.5. The first-order chi connectivity index (χ1) is 14.9. The maximum Gasteiger partial charge on any atom is 0.122 e. The van der Waals surface area contributed by atoms with E-state index in [4.69, 9.17) is 28.8 Å². The van der Waals surface area contributed by atoms with Crippen LogP contribution in [0.2, 0.25) is 0 Å². The van der Waals surface area contributed by atoms with Crippen LogP contribution in [-0.4, -0.2) is 71.2 Å². The number of benzene rings is 1. The highest BCUT2D eigenvalue weighted by Gasteiger charge is 2.03. The standard InChI is InChI=1S/C24H42O6/c1-2-3-4-5-6-7-10-23-11-8-9-12-24(23)30-22-21-29-20-19-28-18-17-27-16-15-26-14-13-25/h8-9,11-12,25H,2-7,10,13-22H2,1H3. The number of para-hydroxylation sites is 1. The summed E-state index contributed by atoms with van der Waals surface area (Å²) in [4.78, 5) is 0. The van der Waals surface area contributed by atoms with Crippen LogP contribution in [0.4, 0.5) is 0 Å². The van der Waals surface area contributed by atoms with Crippen molar-refractivity contribution in [3.8, 4) is 5.75 Å². The monoisotopic (exact) mass is 426 g/mol. The molecule has 1 N–H and O–H groups in total. The topological polar surface area (TPSA) is 66.4 Å². The van der Waals surface area contributed by atoms with E-state index in [1.54, 1.807) is 0 Å². The Hall–Kier alpha value is -1.18. The number of aliphatic hydroxyl groups is 1. The summed E-state index contributed by atoms with van der Waals surface area (Å²) in [5.74, 6) is 0.978. The Bertz CT molecular complexity index is 483. The summed E-state index contributed by atoms with van der Waals surface area (Å²) in [6.07, 6.45) is 8.91. The first kappa shape index (κ1) is 26.9. The Labute approximate surface area is 182 Å². The minimum Gasteiger partial charge on any atom is -0.491 e. The van der Waals surface area contributed by atoms with E-state index >= 15 is 0 Å². The Balaban J connectivity index is 1.96. The van der Waals surface area contributed by atoms with Gasteiger partial charge in [0, 0.05) is 0 Å². The fourth-order valence-electron chi connectivity index (χ4n) is 2.98. The van der Waals surface area contributed by atoms with Crippen LogP contribution in [-0.2, 0) is 25.4 Å². The van der Waals surface area contributed by atoms with Gasteiger partial charge in [0.25, 0.3) is 0 Å². The number of aliphatic hydroxyl groups excluding tert-OH is 1. The molecule has 0 spiro atoms. The van der Waals surface area contributed by atoms with Crippen molar-refractivity contribution in [2.45, 2.75) is 51.9 Å². The number of hydrogen-bond donors (Lipinski definition) is 1. The summed E-state index contributed by atoms with van der Waals surface area (Å²) in [5.41, 5.74) is 1.29. The number of rotatable bonds is 22. The fraction of sp³-hybridized carbons (Fsp3) is 0.750. The zero-order valence-electron chi connectivity index (χ0n) is 18.8. The van der Waals surface area contributed by atoms with Crippen molar-refractivity contribution < 1.29 is 28.8 Å². The van der Waals surface area contributed by atoms with E-state index in [9.17, 15) is 0 Å². The normalized spacial score (nSPS) is 11.1. The molecule has 0 atom stereocenters. The molecule has 174 valence electrons. The number of unbranched alkanes of at least 4 members (excludes halogenated alkanes) is 5. The van der Waals surface area contributed by atoms with Gasteiger partial charge in [0.15, 0.2) is 0 Å². The molecule has 0 aliphatic rings. The third kappa shape index (κ3) is 15.6. The molecule has 1 aromatic rings. The van der Waals surface area contributed by atoms with Gasteiger partial charge < -0.3 is 28.8 Å². The molecule has 0 saturated heterocycles. The summed E-state index contributed by atoms with van der Waals surface area (Å²) < 4.78 is 27.4. The molecule has 0 fully saturated rings. The molecule has 6 nitrogen and oxygen atoms in total. The number of ether oxygens (including phenoxy) is 5. The van der Waals surface area contributed by atoms with Crippen molar-refractivity contribution in [3.63, 3.8) is 0 Å². The quantitative estimate of drug-likeness (QED) is 0.283. The summed E-state index contributed by atoms with van der Waals surface area (Å²) in [6, 6.07) is 8.32. The van der Waals surface area contributed by atoms with E-state index in [2.05, 4.69) is 19.1 Å². The molecule has 0 bridgehead atoms. The van der Waals surface area contributed by atoms with Crippen LogP contribution >= 0.6 is 0 Å². The van der Waals surface area contributed by atoms with Gasteiger partial charge in [-0.15, -0.1) is 0 Å². The molecule has 0 aliphatic carbocycles. The second-order valence-corrected chi connectivity index (χ2v) is 7.15. The van der Waals surface area contributed by atoms with E-state index in [1.807, 2.05) is 12.1 Å². The van der Waals surface area contributed by atoms with E-state index < -0.39 is 0 Å². The van der Waals surface area contributed by atoms with Gasteiger partial charge in [-0.25, -0.2) is 0 Å². The molecule has 1 aromatic carbocycles. The van der Waals surface area contributed by atoms with Gasteiger partial charge in [0.2, 0.25) is 0 Å². The Morgan fingerprint density at radius 3 is 1.80 bits per heavy atom. The van der Waals surface area contributed by atoms with Crippen molar-refractivity contribution in [1.29, 1.82) is 0 Å². The van der Waals surface area contributed by atoms with Gasteiger partial charge in [0.1, 0.15) is 12.4 Å². The molecule has 6 heteroatoms. The highest BCUT2D eigenvalue weighted by atomic mass is 16.6. The lowest BCUT2D eigenvalue weighted by atomic mass is 10.0. The van der Waals surface area contributed by atoms with Gasteiger partial charge in [0.05, 0.1) is 59.5 Å². The van der Waals surface area contributed by atoms with Crippen LogP contribution < -0.4 is 4.74 Å². The van der Waals surface area contributed by atoms with Gasteiger partial charge >= 0.3 is 0 Å². The SMILES string of the molecule is CCCCCCCCc1ccccc1OCCOCCOCCOCCOCCO. The van der Waals surface area contributed by atoms with Gasteiger partial charge in [-0.2, -0.15) is 0 Å². The second kappa shape index (κ2) is 21.1. The molecule has 0 radical (unpaired) electrons. The Morgan fingerprint density at radius 2 is 1.17 bits per heavy atom. The predicted molar refractivity (Wildman–Crippen MR) is 119 cm³/mol. The number of hydrogen-bond acceptors (Lipinski definition) is 6. The Kier molecular flexibility index (Phi) is 18.9. The molecular weight excluding hydrogens is 384 g/mol. The molecule has 0 heterocycles. The third-order valence-electron chi connectivity index (χ3n) is 4.61. The molecule has 0 saturated carbocycles. The largest absolute Gasteiger partial charge is 0.491 e. The van der Waals surface area contributed by atoms with Crippen LogP contribution in [0.15, 0.2) is 24.3 Å². The second-order valence-electron chi connectivity index (χ2n) is 7.15. The maximum absolute atomic E-state index is 8.57. The van der Waals surface area contributed by atoms with Crippen molar-refractivity contribution >= 4 is 0 Å². The predicted octanol–water partition coefficient (Wildman–Crippen LogP) is 4.03. The van der Waals surface area contributed by atoms with Crippen LogP contribution in [0.25, 0.3) is 0 Å². The average Bonchev–Trinajstić information content (AvgIpc) is 2.77. The van der Waals surface area contributed by atoms with Crippen molar-refractivity contribution in [3.05, 3.63) is 29.8 Å². The molecule has 30 heavy (non-hydrogen) atoms. The number of aryl methyl sites for hydroxylation is 1. The maximum atomic E-state index is 8.57. The minimum atomic E-state index is 0.0415. The lowest BCUT2D eigenvalue weighted by Gasteiger charge is -2.12. The smallest absolute Gasteiger partial charge is 0.122 e. The summed E-state index contributed by atoms with van der Waals surface area (Å²) in [7, 11) is 0. The van der Waals surface area contributed by atoms with Crippen LogP contribution in [0.5, 0.6) is 5.75 Å². The fourth-order valence-corrected chi connectivity index (χ4v) is 2.98. The molecule has 0 aliphatic heterocycles. The van der Waals surface area contributed by atoms with E-state index in [1.165, 1.54) is 44.1 Å². The molecule has 0 unspecified atom stereocenters. The summed E-state index contributed by atoms with van der Waals surface area (Å²) in [6.45, 7) is 6.89. The Morgan fingerprint density at radius 1 is 0.633 bits per heavy atom. The lowest BCUT2D eigenvalue weighted by molar-refractivity contribution is -0.00781. The molecule has 0 amide bonds. The van der Waals surface area contributed by atoms with Crippen LogP contribution in [0.1, 0.15) is 51.0 Å². The van der Waals surface area contributed by atoms with E-state index in [-0.39, 0.29) is 6.61 Å². The third-order valence-corrected chi connectivity index (χ3v) is 4.61. The zero-order chi connectivity index (χ0) is 21.5. The van der Waals surface area contributed by atoms with E-state index in [0.717, 1.165) is 12.2 Å². The van der Waals surface area contributed by atoms with Gasteiger partial charge in [-0.1, -0.05) is 57.2 Å². The molecule has 1 rings (SSSR count). The van der Waals surface area contributed by atoms with E-state index in [0.29, 0.717) is 59.5 Å². The molecular formula is C24H42O6. The summed E-state index contributed by atoms with van der Waals surface area (Å²) >= 11 is 0. The van der Waals surface area contributed by atoms with Crippen molar-refractivity contribution in [1.82, 2.24) is 0 Å². The highest BCUT2D eigenvalue weighted by Crippen LogP contribution is 2.20. The van der Waals surface area contributed by atoms with Crippen molar-refractivity contribution in [2.24, 2.45) is 0 Å². The zero-order valence-corrected chi connectivity index (χ0v) is 18.8.